The maximum atomic E-state index is 12.4. The zero-order valence-electron chi connectivity index (χ0n) is 15.0. The van der Waals surface area contributed by atoms with Crippen LogP contribution in [0.15, 0.2) is 54.6 Å². The predicted octanol–water partition coefficient (Wildman–Crippen LogP) is 3.04. The Morgan fingerprint density at radius 1 is 1.07 bits per heavy atom. The van der Waals surface area contributed by atoms with E-state index in [1.165, 1.54) is 0 Å². The summed E-state index contributed by atoms with van der Waals surface area (Å²) in [6.45, 7) is 1.10. The van der Waals surface area contributed by atoms with Gasteiger partial charge in [-0.25, -0.2) is 0 Å². The maximum Gasteiger partial charge on any atom is 0.253 e. The van der Waals surface area contributed by atoms with E-state index in [0.29, 0.717) is 23.7 Å². The van der Waals surface area contributed by atoms with Crippen LogP contribution in [0.1, 0.15) is 34.9 Å². The molecule has 1 atom stereocenters. The molecule has 0 spiro atoms. The number of hydrogen-bond acceptors (Lipinski definition) is 3. The number of aliphatic hydroxyl groups excluding tert-OH is 1. The van der Waals surface area contributed by atoms with Crippen LogP contribution < -0.4 is 5.32 Å². The van der Waals surface area contributed by atoms with Crippen LogP contribution in [0, 0.1) is 5.92 Å². The summed E-state index contributed by atoms with van der Waals surface area (Å²) in [5.41, 5.74) is 1.27. The number of rotatable bonds is 5. The number of halogens is 1. The van der Waals surface area contributed by atoms with Crippen LogP contribution >= 0.6 is 11.6 Å². The third-order valence-corrected chi connectivity index (χ3v) is 5.33. The number of nitrogens with zero attached hydrogens (tertiary/aromatic N) is 1. The summed E-state index contributed by atoms with van der Waals surface area (Å²) in [7, 11) is 0. The summed E-state index contributed by atoms with van der Waals surface area (Å²) in [5.74, 6) is -0.347. The lowest BCUT2D eigenvalue weighted by Crippen LogP contribution is -2.44. The van der Waals surface area contributed by atoms with Crippen molar-refractivity contribution in [1.29, 1.82) is 0 Å². The second-order valence-electron chi connectivity index (χ2n) is 6.74. The van der Waals surface area contributed by atoms with Crippen molar-refractivity contribution in [2.24, 2.45) is 5.92 Å². The van der Waals surface area contributed by atoms with Crippen LogP contribution in [-0.2, 0) is 4.79 Å². The van der Waals surface area contributed by atoms with Gasteiger partial charge in [-0.15, -0.1) is 0 Å². The molecule has 0 aromatic heterocycles. The van der Waals surface area contributed by atoms with Gasteiger partial charge in [0.15, 0.2) is 0 Å². The Kier molecular flexibility index (Phi) is 6.48. The number of piperidine rings is 1. The van der Waals surface area contributed by atoms with Crippen LogP contribution in [0.2, 0.25) is 5.02 Å². The van der Waals surface area contributed by atoms with Crippen LogP contribution in [0.25, 0.3) is 0 Å². The van der Waals surface area contributed by atoms with Gasteiger partial charge < -0.3 is 15.3 Å². The summed E-state index contributed by atoms with van der Waals surface area (Å²) >= 11 is 6.00. The van der Waals surface area contributed by atoms with Crippen molar-refractivity contribution in [2.75, 3.05) is 19.6 Å². The number of hydrogen-bond donors (Lipinski definition) is 2. The summed E-state index contributed by atoms with van der Waals surface area (Å²) in [4.78, 5) is 26.3. The standard InChI is InChI=1S/C21H23ClN2O3/c22-18-9-5-4-8-17(18)21(27)23-14-19(25)24-12-10-16(11-13-24)20(26)15-6-2-1-3-7-15/h1-9,16,20,26H,10-14H2,(H,23,27). The molecule has 2 aromatic rings. The Hall–Kier alpha value is -2.37. The highest BCUT2D eigenvalue weighted by Gasteiger charge is 2.28. The summed E-state index contributed by atoms with van der Waals surface area (Å²) in [6, 6.07) is 16.3. The van der Waals surface area contributed by atoms with Gasteiger partial charge in [0, 0.05) is 13.1 Å². The lowest BCUT2D eigenvalue weighted by molar-refractivity contribution is -0.132. The number of aliphatic hydroxyl groups is 1. The van der Waals surface area contributed by atoms with E-state index in [-0.39, 0.29) is 24.3 Å². The van der Waals surface area contributed by atoms with Crippen molar-refractivity contribution in [2.45, 2.75) is 18.9 Å². The fourth-order valence-electron chi connectivity index (χ4n) is 3.40. The van der Waals surface area contributed by atoms with Gasteiger partial charge in [0.1, 0.15) is 0 Å². The van der Waals surface area contributed by atoms with Gasteiger partial charge in [-0.05, 0) is 36.5 Å². The highest BCUT2D eigenvalue weighted by atomic mass is 35.5. The molecule has 1 aliphatic rings. The number of nitrogens with one attached hydrogen (secondary N) is 1. The summed E-state index contributed by atoms with van der Waals surface area (Å²) < 4.78 is 0. The zero-order chi connectivity index (χ0) is 19.2. The number of carbonyl (C=O) groups excluding carboxylic acids is 2. The minimum atomic E-state index is -0.511. The third-order valence-electron chi connectivity index (χ3n) is 5.00. The molecule has 1 saturated heterocycles. The van der Waals surface area contributed by atoms with Crippen molar-refractivity contribution in [1.82, 2.24) is 10.2 Å². The number of benzene rings is 2. The van der Waals surface area contributed by atoms with Gasteiger partial charge in [0.05, 0.1) is 23.2 Å². The lowest BCUT2D eigenvalue weighted by Gasteiger charge is -2.34. The largest absolute Gasteiger partial charge is 0.388 e. The second-order valence-corrected chi connectivity index (χ2v) is 7.14. The molecule has 0 saturated carbocycles. The second kappa shape index (κ2) is 9.02. The Morgan fingerprint density at radius 3 is 2.37 bits per heavy atom. The molecule has 2 amide bonds. The van der Waals surface area contributed by atoms with Gasteiger partial charge in [0.2, 0.25) is 5.91 Å². The monoisotopic (exact) mass is 386 g/mol. The molecule has 1 heterocycles. The quantitative estimate of drug-likeness (QED) is 0.829. The molecule has 2 aromatic carbocycles. The minimum absolute atomic E-state index is 0.0596. The molecule has 1 unspecified atom stereocenters. The first kappa shape index (κ1) is 19.4. The van der Waals surface area contributed by atoms with Crippen LogP contribution in [-0.4, -0.2) is 41.5 Å². The van der Waals surface area contributed by atoms with Gasteiger partial charge in [-0.1, -0.05) is 54.1 Å². The first-order chi connectivity index (χ1) is 13.1. The van der Waals surface area contributed by atoms with E-state index < -0.39 is 6.10 Å². The fraction of sp³-hybridized carbons (Fsp3) is 0.333. The lowest BCUT2D eigenvalue weighted by atomic mass is 9.87. The van der Waals surface area contributed by atoms with E-state index in [9.17, 15) is 14.7 Å². The maximum absolute atomic E-state index is 12.4. The van der Waals surface area contributed by atoms with E-state index >= 15 is 0 Å². The summed E-state index contributed by atoms with van der Waals surface area (Å²) in [6.07, 6.45) is 0.962. The normalized spacial score (nSPS) is 16.0. The van der Waals surface area contributed by atoms with Crippen LogP contribution in [0.4, 0.5) is 0 Å². The Morgan fingerprint density at radius 2 is 1.70 bits per heavy atom. The SMILES string of the molecule is O=C(NCC(=O)N1CCC(C(O)c2ccccc2)CC1)c1ccccc1Cl. The first-order valence-corrected chi connectivity index (χ1v) is 9.47. The van der Waals surface area contributed by atoms with E-state index in [1.54, 1.807) is 29.2 Å². The molecule has 3 rings (SSSR count). The number of carbonyl (C=O) groups is 2. The Balaban J connectivity index is 1.47. The molecule has 5 nitrogen and oxygen atoms in total. The van der Waals surface area contributed by atoms with Crippen LogP contribution in [0.5, 0.6) is 0 Å². The molecule has 1 aliphatic heterocycles. The fourth-order valence-corrected chi connectivity index (χ4v) is 3.62. The number of amides is 2. The topological polar surface area (TPSA) is 69.6 Å². The van der Waals surface area contributed by atoms with Gasteiger partial charge in [-0.3, -0.25) is 9.59 Å². The molecule has 1 fully saturated rings. The van der Waals surface area contributed by atoms with Crippen molar-refractivity contribution in [3.63, 3.8) is 0 Å². The Bertz CT molecular complexity index is 789. The molecular weight excluding hydrogens is 364 g/mol. The highest BCUT2D eigenvalue weighted by Crippen LogP contribution is 2.30. The van der Waals surface area contributed by atoms with E-state index in [4.69, 9.17) is 11.6 Å². The van der Waals surface area contributed by atoms with E-state index in [1.807, 2.05) is 30.3 Å². The predicted molar refractivity (Wildman–Crippen MR) is 104 cm³/mol. The average molecular weight is 387 g/mol. The third kappa shape index (κ3) is 4.87. The molecule has 0 bridgehead atoms. The molecule has 27 heavy (non-hydrogen) atoms. The van der Waals surface area contributed by atoms with Crippen LogP contribution in [0.3, 0.4) is 0 Å². The smallest absolute Gasteiger partial charge is 0.253 e. The molecular formula is C21H23ClN2O3. The van der Waals surface area contributed by atoms with Crippen molar-refractivity contribution < 1.29 is 14.7 Å². The van der Waals surface area contributed by atoms with E-state index in [2.05, 4.69) is 5.32 Å². The van der Waals surface area contributed by atoms with Crippen molar-refractivity contribution >= 4 is 23.4 Å². The highest BCUT2D eigenvalue weighted by molar-refractivity contribution is 6.33. The molecule has 0 aliphatic carbocycles. The van der Waals surface area contributed by atoms with Crippen molar-refractivity contribution in [3.05, 3.63) is 70.7 Å². The molecule has 2 N–H and O–H groups in total. The van der Waals surface area contributed by atoms with Gasteiger partial charge in [-0.2, -0.15) is 0 Å². The van der Waals surface area contributed by atoms with Crippen molar-refractivity contribution in [3.8, 4) is 0 Å². The molecule has 0 radical (unpaired) electrons. The average Bonchev–Trinajstić information content (AvgIpc) is 2.72. The van der Waals surface area contributed by atoms with Gasteiger partial charge in [0.25, 0.3) is 5.91 Å². The Labute approximate surface area is 163 Å². The number of likely N-dealkylation sites (tertiary alicyclic amines) is 1. The van der Waals surface area contributed by atoms with E-state index in [0.717, 1.165) is 18.4 Å². The molecule has 142 valence electrons. The zero-order valence-corrected chi connectivity index (χ0v) is 15.7. The van der Waals surface area contributed by atoms with Gasteiger partial charge >= 0.3 is 0 Å². The summed E-state index contributed by atoms with van der Waals surface area (Å²) in [5, 5.41) is 13.5. The molecule has 6 heteroatoms. The minimum Gasteiger partial charge on any atom is -0.388 e. The first-order valence-electron chi connectivity index (χ1n) is 9.10.